The Morgan fingerprint density at radius 1 is 1.39 bits per heavy atom. The van der Waals surface area contributed by atoms with E-state index in [4.69, 9.17) is 0 Å². The zero-order chi connectivity index (χ0) is 16.4. The number of nitrogens with zero attached hydrogens (tertiary/aromatic N) is 2. The molecule has 1 amide bonds. The number of H-pyrrole nitrogens is 1. The van der Waals surface area contributed by atoms with Crippen LogP contribution in [0, 0.1) is 0 Å². The predicted molar refractivity (Wildman–Crippen MR) is 75.5 cm³/mol. The van der Waals surface area contributed by atoms with E-state index in [-0.39, 0.29) is 24.1 Å². The number of halogens is 3. The second-order valence-corrected chi connectivity index (χ2v) is 5.57. The van der Waals surface area contributed by atoms with E-state index < -0.39 is 11.9 Å². The predicted octanol–water partition coefficient (Wildman–Crippen LogP) is 2.04. The van der Waals surface area contributed by atoms with Crippen molar-refractivity contribution in [1.29, 1.82) is 0 Å². The van der Waals surface area contributed by atoms with Crippen molar-refractivity contribution in [2.75, 3.05) is 0 Å². The molecular weight excluding hydrogens is 309 g/mol. The Labute approximate surface area is 130 Å². The molecule has 122 valence electrons. The Morgan fingerprint density at radius 3 is 3.00 bits per heavy atom. The van der Waals surface area contributed by atoms with E-state index in [9.17, 15) is 18.0 Å². The lowest BCUT2D eigenvalue weighted by Crippen LogP contribution is -2.39. The van der Waals surface area contributed by atoms with Gasteiger partial charge in [-0.1, -0.05) is 6.07 Å². The van der Waals surface area contributed by atoms with Crippen LogP contribution in [0.25, 0.3) is 0 Å². The molecule has 2 aromatic rings. The first kappa shape index (κ1) is 15.5. The van der Waals surface area contributed by atoms with Crippen molar-refractivity contribution in [1.82, 2.24) is 20.5 Å². The van der Waals surface area contributed by atoms with E-state index in [2.05, 4.69) is 20.5 Å². The van der Waals surface area contributed by atoms with Crippen molar-refractivity contribution in [2.24, 2.45) is 0 Å². The van der Waals surface area contributed by atoms with Gasteiger partial charge in [0, 0.05) is 18.2 Å². The molecule has 0 radical (unpaired) electrons. The Kier molecular flexibility index (Phi) is 4.06. The second kappa shape index (κ2) is 6.02. The molecule has 0 saturated carbocycles. The first-order chi connectivity index (χ1) is 10.9. The molecule has 0 aliphatic heterocycles. The number of fused-ring (bicyclic) bond motifs is 1. The fraction of sp³-hybridized carbons (Fsp3) is 0.400. The lowest BCUT2D eigenvalue weighted by molar-refractivity contribution is -0.141. The minimum atomic E-state index is -4.51. The molecule has 1 aliphatic rings. The van der Waals surface area contributed by atoms with Crippen molar-refractivity contribution >= 4 is 5.91 Å². The third-order valence-electron chi connectivity index (χ3n) is 3.82. The third-order valence-corrected chi connectivity index (χ3v) is 3.82. The van der Waals surface area contributed by atoms with Gasteiger partial charge < -0.3 is 5.32 Å². The van der Waals surface area contributed by atoms with Crippen LogP contribution in [-0.4, -0.2) is 27.1 Å². The van der Waals surface area contributed by atoms with Crippen molar-refractivity contribution in [3.8, 4) is 0 Å². The summed E-state index contributed by atoms with van der Waals surface area (Å²) in [6.07, 6.45) is -0.646. The maximum Gasteiger partial charge on any atom is 0.433 e. The number of carbonyl (C=O) groups is 1. The van der Waals surface area contributed by atoms with Gasteiger partial charge >= 0.3 is 6.18 Å². The molecule has 8 heteroatoms. The van der Waals surface area contributed by atoms with Crippen LogP contribution < -0.4 is 5.32 Å². The highest BCUT2D eigenvalue weighted by atomic mass is 19.4. The number of carbonyl (C=O) groups excluding carboxylic acids is 1. The number of pyridine rings is 1. The lowest BCUT2D eigenvalue weighted by Gasteiger charge is -2.22. The highest BCUT2D eigenvalue weighted by Crippen LogP contribution is 2.27. The molecule has 1 aliphatic carbocycles. The monoisotopic (exact) mass is 324 g/mol. The van der Waals surface area contributed by atoms with Crippen LogP contribution in [0.5, 0.6) is 0 Å². The van der Waals surface area contributed by atoms with Crippen LogP contribution in [0.15, 0.2) is 24.4 Å². The van der Waals surface area contributed by atoms with Crippen molar-refractivity contribution in [3.63, 3.8) is 0 Å². The molecular formula is C15H15F3N4O. The molecule has 0 fully saturated rings. The summed E-state index contributed by atoms with van der Waals surface area (Å²) in [5, 5.41) is 9.71. The number of nitrogens with one attached hydrogen (secondary N) is 2. The third kappa shape index (κ3) is 3.69. The quantitative estimate of drug-likeness (QED) is 0.908. The van der Waals surface area contributed by atoms with Gasteiger partial charge in [0.05, 0.1) is 18.3 Å². The normalized spacial score (nSPS) is 17.6. The molecule has 5 nitrogen and oxygen atoms in total. The van der Waals surface area contributed by atoms with Gasteiger partial charge in [-0.15, -0.1) is 0 Å². The van der Waals surface area contributed by atoms with E-state index in [1.165, 1.54) is 12.1 Å². The summed E-state index contributed by atoms with van der Waals surface area (Å²) >= 11 is 0. The van der Waals surface area contributed by atoms with Gasteiger partial charge in [0.25, 0.3) is 0 Å². The van der Waals surface area contributed by atoms with E-state index in [1.54, 1.807) is 6.20 Å². The Hall–Kier alpha value is -2.38. The minimum absolute atomic E-state index is 0.0405. The van der Waals surface area contributed by atoms with Gasteiger partial charge in [-0.05, 0) is 30.5 Å². The van der Waals surface area contributed by atoms with Gasteiger partial charge in [-0.3, -0.25) is 9.89 Å². The molecule has 0 saturated heterocycles. The van der Waals surface area contributed by atoms with Crippen LogP contribution in [0.1, 0.15) is 29.1 Å². The number of hydrogen-bond acceptors (Lipinski definition) is 3. The van der Waals surface area contributed by atoms with Gasteiger partial charge in [-0.25, -0.2) is 4.98 Å². The minimum Gasteiger partial charge on any atom is -0.353 e. The molecule has 2 aromatic heterocycles. The fourth-order valence-corrected chi connectivity index (χ4v) is 2.71. The number of aromatic nitrogens is 3. The number of rotatable bonds is 3. The molecule has 1 atom stereocenters. The summed E-state index contributed by atoms with van der Waals surface area (Å²) in [6.45, 7) is 0. The molecule has 0 spiro atoms. The molecule has 0 aromatic carbocycles. The van der Waals surface area contributed by atoms with Crippen LogP contribution in [0.3, 0.4) is 0 Å². The molecule has 3 rings (SSSR count). The van der Waals surface area contributed by atoms with Gasteiger partial charge in [0.2, 0.25) is 5.91 Å². The van der Waals surface area contributed by atoms with Gasteiger partial charge in [0.15, 0.2) is 0 Å². The number of alkyl halides is 3. The van der Waals surface area contributed by atoms with E-state index in [0.717, 1.165) is 30.2 Å². The Balaban J connectivity index is 1.60. The summed E-state index contributed by atoms with van der Waals surface area (Å²) < 4.78 is 37.8. The fourth-order valence-electron chi connectivity index (χ4n) is 2.71. The van der Waals surface area contributed by atoms with Crippen LogP contribution in [-0.2, 0) is 30.2 Å². The highest BCUT2D eigenvalue weighted by molar-refractivity contribution is 5.78. The molecule has 0 bridgehead atoms. The average molecular weight is 324 g/mol. The lowest BCUT2D eigenvalue weighted by atomic mass is 9.93. The van der Waals surface area contributed by atoms with Crippen molar-refractivity contribution in [3.05, 3.63) is 47.0 Å². The Bertz CT molecular complexity index is 711. The summed E-state index contributed by atoms with van der Waals surface area (Å²) in [6, 6.07) is 3.53. The first-order valence-corrected chi connectivity index (χ1v) is 7.25. The number of amides is 1. The van der Waals surface area contributed by atoms with Crippen LogP contribution >= 0.6 is 0 Å². The van der Waals surface area contributed by atoms with E-state index in [0.29, 0.717) is 6.42 Å². The van der Waals surface area contributed by atoms with E-state index in [1.807, 2.05) is 0 Å². The van der Waals surface area contributed by atoms with Crippen LogP contribution in [0.2, 0.25) is 0 Å². The largest absolute Gasteiger partial charge is 0.433 e. The summed E-state index contributed by atoms with van der Waals surface area (Å²) in [5.41, 5.74) is 1.27. The molecule has 1 unspecified atom stereocenters. The van der Waals surface area contributed by atoms with E-state index >= 15 is 0 Å². The zero-order valence-corrected chi connectivity index (χ0v) is 12.2. The maximum absolute atomic E-state index is 12.6. The van der Waals surface area contributed by atoms with Gasteiger partial charge in [-0.2, -0.15) is 18.3 Å². The topological polar surface area (TPSA) is 70.7 Å². The number of aromatic amines is 1. The zero-order valence-electron chi connectivity index (χ0n) is 12.2. The average Bonchev–Trinajstić information content (AvgIpc) is 2.94. The maximum atomic E-state index is 12.6. The van der Waals surface area contributed by atoms with Crippen molar-refractivity contribution in [2.45, 2.75) is 37.9 Å². The molecule has 2 N–H and O–H groups in total. The standard InChI is InChI=1S/C15H15F3N4O/c16-15(17,18)13-3-1-2-10(20-13)7-14(23)21-11-5-4-9-8-19-22-12(9)6-11/h1-3,8,11H,4-7H2,(H,19,22)(H,21,23). The number of hydrogen-bond donors (Lipinski definition) is 2. The summed E-state index contributed by atoms with van der Waals surface area (Å²) in [7, 11) is 0. The first-order valence-electron chi connectivity index (χ1n) is 7.25. The Morgan fingerprint density at radius 2 is 2.22 bits per heavy atom. The van der Waals surface area contributed by atoms with Gasteiger partial charge in [0.1, 0.15) is 5.69 Å². The second-order valence-electron chi connectivity index (χ2n) is 5.57. The summed E-state index contributed by atoms with van der Waals surface area (Å²) in [4.78, 5) is 15.5. The van der Waals surface area contributed by atoms with Crippen molar-refractivity contribution < 1.29 is 18.0 Å². The smallest absolute Gasteiger partial charge is 0.353 e. The molecule has 23 heavy (non-hydrogen) atoms. The highest BCUT2D eigenvalue weighted by Gasteiger charge is 2.32. The summed E-state index contributed by atoms with van der Waals surface area (Å²) in [5.74, 6) is -0.329. The molecule has 2 heterocycles. The SMILES string of the molecule is O=C(Cc1cccc(C(F)(F)F)n1)NC1CCc2cn[nH]c2C1. The van der Waals surface area contributed by atoms with Crippen LogP contribution in [0.4, 0.5) is 13.2 Å². The number of aryl methyl sites for hydroxylation is 1.